The maximum absolute atomic E-state index is 12.6. The van der Waals surface area contributed by atoms with Gasteiger partial charge in [0.1, 0.15) is 5.60 Å². The molecule has 26 heavy (non-hydrogen) atoms. The lowest BCUT2D eigenvalue weighted by atomic mass is 10.1. The molecule has 11 heteroatoms. The highest BCUT2D eigenvalue weighted by atomic mass is 32.2. The number of ether oxygens (including phenoxy) is 1. The predicted octanol–water partition coefficient (Wildman–Crippen LogP) is 3.51. The van der Waals surface area contributed by atoms with Crippen molar-refractivity contribution < 1.29 is 31.1 Å². The van der Waals surface area contributed by atoms with Gasteiger partial charge in [0, 0.05) is 5.56 Å². The van der Waals surface area contributed by atoms with Gasteiger partial charge in [0.05, 0.1) is 11.4 Å². The number of carbonyl (C=O) groups excluding carboxylic acids is 1. The number of anilines is 1. The van der Waals surface area contributed by atoms with Gasteiger partial charge < -0.3 is 4.74 Å². The van der Waals surface area contributed by atoms with Crippen molar-refractivity contribution in [2.45, 2.75) is 45.7 Å². The molecule has 0 bridgehead atoms. The molecular weight excluding hydrogens is 375 g/mol. The molecule has 146 valence electrons. The number of aryl methyl sites for hydroxylation is 1. The first-order valence-corrected chi connectivity index (χ1v) is 8.84. The standard InChI is InChI=1S/C15H20F3N3O4S/c1-9-6-7-12(21-26(23,24)15(16,17)18)11(8-9)10(2)19-20-13(22)25-14(3,4)5/h6-8,21H,1-5H3,(H,20,22)/b19-10+. The van der Waals surface area contributed by atoms with E-state index in [1.807, 2.05) is 0 Å². The molecule has 2 N–H and O–H groups in total. The summed E-state index contributed by atoms with van der Waals surface area (Å²) < 4.78 is 66.9. The van der Waals surface area contributed by atoms with Crippen molar-refractivity contribution in [3.8, 4) is 0 Å². The highest BCUT2D eigenvalue weighted by molar-refractivity contribution is 7.93. The number of hydrazone groups is 1. The summed E-state index contributed by atoms with van der Waals surface area (Å²) in [5, 5.41) is 3.75. The maximum atomic E-state index is 12.6. The normalized spacial score (nSPS) is 13.3. The van der Waals surface area contributed by atoms with E-state index in [4.69, 9.17) is 4.74 Å². The van der Waals surface area contributed by atoms with Crippen molar-refractivity contribution in [1.82, 2.24) is 5.43 Å². The first-order valence-electron chi connectivity index (χ1n) is 7.36. The summed E-state index contributed by atoms with van der Waals surface area (Å²) in [6, 6.07) is 4.05. The van der Waals surface area contributed by atoms with Crippen molar-refractivity contribution in [3.05, 3.63) is 29.3 Å². The Morgan fingerprint density at radius 2 is 1.77 bits per heavy atom. The fraction of sp³-hybridized carbons (Fsp3) is 0.467. The summed E-state index contributed by atoms with van der Waals surface area (Å²) >= 11 is 0. The smallest absolute Gasteiger partial charge is 0.443 e. The van der Waals surface area contributed by atoms with Crippen molar-refractivity contribution in [2.24, 2.45) is 5.10 Å². The quantitative estimate of drug-likeness (QED) is 0.602. The first-order chi connectivity index (χ1) is 11.6. The number of benzene rings is 1. The Morgan fingerprint density at radius 1 is 1.19 bits per heavy atom. The fourth-order valence-electron chi connectivity index (χ4n) is 1.74. The number of hydrogen-bond acceptors (Lipinski definition) is 5. The van der Waals surface area contributed by atoms with Crippen molar-refractivity contribution in [3.63, 3.8) is 0 Å². The molecule has 0 fully saturated rings. The van der Waals surface area contributed by atoms with E-state index in [0.29, 0.717) is 5.56 Å². The van der Waals surface area contributed by atoms with E-state index in [1.165, 1.54) is 29.8 Å². The minimum absolute atomic E-state index is 0.0777. The average molecular weight is 395 g/mol. The van der Waals surface area contributed by atoms with Crippen LogP contribution >= 0.6 is 0 Å². The summed E-state index contributed by atoms with van der Waals surface area (Å²) in [5.41, 5.74) is -3.62. The van der Waals surface area contributed by atoms with E-state index in [0.717, 1.165) is 0 Å². The Morgan fingerprint density at radius 3 is 2.27 bits per heavy atom. The van der Waals surface area contributed by atoms with E-state index in [-0.39, 0.29) is 17.0 Å². The molecule has 1 aromatic rings. The second-order valence-electron chi connectivity index (χ2n) is 6.41. The van der Waals surface area contributed by atoms with Crippen LogP contribution in [0.25, 0.3) is 0 Å². The van der Waals surface area contributed by atoms with Crippen molar-refractivity contribution >= 4 is 27.5 Å². The van der Waals surface area contributed by atoms with Gasteiger partial charge in [-0.1, -0.05) is 11.6 Å². The Labute approximate surface area is 149 Å². The number of carbonyl (C=O) groups is 1. The van der Waals surface area contributed by atoms with Crippen LogP contribution in [0.4, 0.5) is 23.7 Å². The molecule has 0 saturated heterocycles. The molecule has 0 aliphatic rings. The highest BCUT2D eigenvalue weighted by Crippen LogP contribution is 2.27. The molecule has 0 aromatic heterocycles. The van der Waals surface area contributed by atoms with Crippen LogP contribution < -0.4 is 10.1 Å². The number of halogens is 3. The Hall–Kier alpha value is -2.30. The SMILES string of the molecule is C/C(=N\NC(=O)OC(C)(C)C)c1cc(C)ccc1NS(=O)(=O)C(F)(F)F. The molecule has 0 aliphatic carbocycles. The van der Waals surface area contributed by atoms with Crippen LogP contribution in [-0.2, 0) is 14.8 Å². The first kappa shape index (κ1) is 21.7. The second kappa shape index (κ2) is 7.52. The molecule has 1 rings (SSSR count). The third-order valence-corrected chi connectivity index (χ3v) is 3.93. The van der Waals surface area contributed by atoms with Crippen LogP contribution in [0.15, 0.2) is 23.3 Å². The minimum atomic E-state index is -5.59. The number of rotatable bonds is 4. The van der Waals surface area contributed by atoms with Gasteiger partial charge in [0.15, 0.2) is 0 Å². The van der Waals surface area contributed by atoms with Crippen LogP contribution in [0.2, 0.25) is 0 Å². The van der Waals surface area contributed by atoms with Gasteiger partial charge in [-0.15, -0.1) is 0 Å². The molecule has 0 spiro atoms. The van der Waals surface area contributed by atoms with Gasteiger partial charge in [-0.3, -0.25) is 4.72 Å². The average Bonchev–Trinajstić information content (AvgIpc) is 2.43. The maximum Gasteiger partial charge on any atom is 0.516 e. The minimum Gasteiger partial charge on any atom is -0.443 e. The predicted molar refractivity (Wildman–Crippen MR) is 91.4 cm³/mol. The zero-order valence-corrected chi connectivity index (χ0v) is 15.7. The summed E-state index contributed by atoms with van der Waals surface area (Å²) in [5.74, 6) is 0. The largest absolute Gasteiger partial charge is 0.516 e. The van der Waals surface area contributed by atoms with Gasteiger partial charge in [-0.2, -0.15) is 26.7 Å². The van der Waals surface area contributed by atoms with Crippen molar-refractivity contribution in [1.29, 1.82) is 0 Å². The van der Waals surface area contributed by atoms with E-state index >= 15 is 0 Å². The molecule has 0 heterocycles. The number of hydrogen-bond donors (Lipinski definition) is 2. The monoisotopic (exact) mass is 395 g/mol. The number of nitrogens with one attached hydrogen (secondary N) is 2. The highest BCUT2D eigenvalue weighted by Gasteiger charge is 2.46. The van der Waals surface area contributed by atoms with E-state index < -0.39 is 27.2 Å². The van der Waals surface area contributed by atoms with Crippen LogP contribution in [0, 0.1) is 6.92 Å². The lowest BCUT2D eigenvalue weighted by Crippen LogP contribution is -2.31. The lowest BCUT2D eigenvalue weighted by Gasteiger charge is -2.19. The van der Waals surface area contributed by atoms with E-state index in [9.17, 15) is 26.4 Å². The molecule has 0 saturated carbocycles. The fourth-order valence-corrected chi connectivity index (χ4v) is 2.32. The van der Waals surface area contributed by atoms with Gasteiger partial charge in [-0.25, -0.2) is 10.2 Å². The van der Waals surface area contributed by atoms with Crippen LogP contribution in [-0.4, -0.2) is 31.3 Å². The van der Waals surface area contributed by atoms with Gasteiger partial charge in [0.2, 0.25) is 0 Å². The topological polar surface area (TPSA) is 96.9 Å². The molecule has 0 unspecified atom stereocenters. The zero-order chi connectivity index (χ0) is 20.3. The molecule has 1 aromatic carbocycles. The van der Waals surface area contributed by atoms with E-state index in [1.54, 1.807) is 27.7 Å². The van der Waals surface area contributed by atoms with Crippen molar-refractivity contribution in [2.75, 3.05) is 4.72 Å². The number of sulfonamides is 1. The summed E-state index contributed by atoms with van der Waals surface area (Å²) in [4.78, 5) is 11.6. The molecule has 0 atom stereocenters. The zero-order valence-electron chi connectivity index (χ0n) is 14.9. The molecular formula is C15H20F3N3O4S. The van der Waals surface area contributed by atoms with Gasteiger partial charge >= 0.3 is 21.6 Å². The van der Waals surface area contributed by atoms with Crippen LogP contribution in [0.3, 0.4) is 0 Å². The summed E-state index contributed by atoms with van der Waals surface area (Å²) in [6.45, 7) is 8.01. The number of nitrogens with zero attached hydrogens (tertiary/aromatic N) is 1. The summed E-state index contributed by atoms with van der Waals surface area (Å²) in [6.07, 6.45) is -0.859. The third kappa shape index (κ3) is 6.21. The number of amides is 1. The molecule has 0 aliphatic heterocycles. The second-order valence-corrected chi connectivity index (χ2v) is 8.09. The molecule has 7 nitrogen and oxygen atoms in total. The third-order valence-electron chi connectivity index (χ3n) is 2.83. The van der Waals surface area contributed by atoms with E-state index in [2.05, 4.69) is 10.5 Å². The Kier molecular flexibility index (Phi) is 6.29. The van der Waals surface area contributed by atoms with Crippen LogP contribution in [0.5, 0.6) is 0 Å². The number of alkyl halides is 3. The van der Waals surface area contributed by atoms with Gasteiger partial charge in [0.25, 0.3) is 0 Å². The lowest BCUT2D eigenvalue weighted by molar-refractivity contribution is -0.0429. The van der Waals surface area contributed by atoms with Gasteiger partial charge in [-0.05, 0) is 46.8 Å². The Balaban J connectivity index is 3.14. The van der Waals surface area contributed by atoms with Crippen LogP contribution in [0.1, 0.15) is 38.8 Å². The Bertz CT molecular complexity index is 812. The molecule has 0 radical (unpaired) electrons. The summed E-state index contributed by atoms with van der Waals surface area (Å²) in [7, 11) is -5.59. The molecule has 1 amide bonds.